The topological polar surface area (TPSA) is 74.8 Å². The minimum atomic E-state index is -0.413. The third kappa shape index (κ3) is 3.69. The summed E-state index contributed by atoms with van der Waals surface area (Å²) in [5.41, 5.74) is 4.56. The Hall–Kier alpha value is -3.73. The van der Waals surface area contributed by atoms with Crippen LogP contribution in [0.3, 0.4) is 0 Å². The van der Waals surface area contributed by atoms with Gasteiger partial charge in [-0.3, -0.25) is 9.59 Å². The van der Waals surface area contributed by atoms with E-state index in [1.807, 2.05) is 30.3 Å². The molecule has 3 aromatic carbocycles. The van der Waals surface area contributed by atoms with Crippen LogP contribution in [0.4, 0.5) is 0 Å². The second-order valence-corrected chi connectivity index (χ2v) is 6.68. The standard InChI is InChI=1S/C23H19N3O2/c1-15-6-4-8-17(12-15)18-9-5-7-16(13-18)14-24-23(28)21-25-20-11-3-2-10-19(20)22(27)26-21/h2-13H,14H2,1H3,(H,24,28)(H,25,26,27). The van der Waals surface area contributed by atoms with E-state index in [0.717, 1.165) is 16.7 Å². The smallest absolute Gasteiger partial charge is 0.287 e. The molecule has 0 fully saturated rings. The third-order valence-corrected chi connectivity index (χ3v) is 4.56. The van der Waals surface area contributed by atoms with Crippen LogP contribution in [0.15, 0.2) is 77.6 Å². The molecular weight excluding hydrogens is 350 g/mol. The zero-order valence-electron chi connectivity index (χ0n) is 15.4. The van der Waals surface area contributed by atoms with E-state index in [4.69, 9.17) is 0 Å². The number of carbonyl (C=O) groups is 1. The molecule has 5 nitrogen and oxygen atoms in total. The lowest BCUT2D eigenvalue weighted by atomic mass is 10.0. The van der Waals surface area contributed by atoms with Crippen LogP contribution in [0.2, 0.25) is 0 Å². The van der Waals surface area contributed by atoms with Crippen molar-refractivity contribution >= 4 is 16.8 Å². The fourth-order valence-electron chi connectivity index (χ4n) is 3.15. The molecule has 0 radical (unpaired) electrons. The molecule has 0 aliphatic heterocycles. The van der Waals surface area contributed by atoms with E-state index < -0.39 is 5.91 Å². The van der Waals surface area contributed by atoms with Crippen molar-refractivity contribution in [3.8, 4) is 11.1 Å². The molecule has 0 aliphatic carbocycles. The van der Waals surface area contributed by atoms with Crippen LogP contribution in [-0.4, -0.2) is 15.9 Å². The Balaban J connectivity index is 1.53. The van der Waals surface area contributed by atoms with Gasteiger partial charge in [0, 0.05) is 6.54 Å². The van der Waals surface area contributed by atoms with Gasteiger partial charge in [0.05, 0.1) is 10.9 Å². The van der Waals surface area contributed by atoms with Gasteiger partial charge in [-0.05, 0) is 41.8 Å². The van der Waals surface area contributed by atoms with Crippen molar-refractivity contribution < 1.29 is 4.79 Å². The summed E-state index contributed by atoms with van der Waals surface area (Å²) in [5, 5.41) is 3.29. The first-order chi connectivity index (χ1) is 13.6. The fraction of sp³-hybridized carbons (Fsp3) is 0.0870. The van der Waals surface area contributed by atoms with Crippen molar-refractivity contribution in [2.45, 2.75) is 13.5 Å². The normalized spacial score (nSPS) is 10.8. The van der Waals surface area contributed by atoms with Gasteiger partial charge in [0.15, 0.2) is 5.82 Å². The molecule has 5 heteroatoms. The first kappa shape index (κ1) is 17.7. The van der Waals surface area contributed by atoms with E-state index in [2.05, 4.69) is 40.4 Å². The summed E-state index contributed by atoms with van der Waals surface area (Å²) >= 11 is 0. The van der Waals surface area contributed by atoms with Crippen LogP contribution in [0, 0.1) is 6.92 Å². The first-order valence-electron chi connectivity index (χ1n) is 9.03. The Morgan fingerprint density at radius 2 is 1.71 bits per heavy atom. The van der Waals surface area contributed by atoms with Crippen molar-refractivity contribution in [2.75, 3.05) is 0 Å². The van der Waals surface area contributed by atoms with Gasteiger partial charge < -0.3 is 10.3 Å². The predicted molar refractivity (Wildman–Crippen MR) is 110 cm³/mol. The second kappa shape index (κ2) is 7.48. The summed E-state index contributed by atoms with van der Waals surface area (Å²) in [6, 6.07) is 23.2. The van der Waals surface area contributed by atoms with Crippen molar-refractivity contribution in [1.82, 2.24) is 15.3 Å². The Bertz CT molecular complexity index is 1230. The summed E-state index contributed by atoms with van der Waals surface area (Å²) in [7, 11) is 0. The number of hydrogen-bond acceptors (Lipinski definition) is 3. The Kier molecular flexibility index (Phi) is 4.72. The van der Waals surface area contributed by atoms with Gasteiger partial charge >= 0.3 is 0 Å². The van der Waals surface area contributed by atoms with Crippen molar-refractivity contribution in [3.63, 3.8) is 0 Å². The molecular formula is C23H19N3O2. The molecule has 2 N–H and O–H groups in total. The third-order valence-electron chi connectivity index (χ3n) is 4.56. The lowest BCUT2D eigenvalue weighted by Crippen LogP contribution is -2.27. The number of aromatic nitrogens is 2. The largest absolute Gasteiger partial charge is 0.345 e. The number of aryl methyl sites for hydroxylation is 1. The van der Waals surface area contributed by atoms with E-state index >= 15 is 0 Å². The number of para-hydroxylation sites is 1. The molecule has 0 unspecified atom stereocenters. The van der Waals surface area contributed by atoms with Gasteiger partial charge in [0.2, 0.25) is 0 Å². The molecule has 138 valence electrons. The summed E-state index contributed by atoms with van der Waals surface area (Å²) in [5.74, 6) is -0.401. The molecule has 1 heterocycles. The van der Waals surface area contributed by atoms with E-state index in [0.29, 0.717) is 17.4 Å². The molecule has 0 bridgehead atoms. The number of benzene rings is 3. The SMILES string of the molecule is Cc1cccc(-c2cccc(CNC(=O)c3nc4ccccc4c(=O)[nH]3)c2)c1. The maximum atomic E-state index is 12.5. The quantitative estimate of drug-likeness (QED) is 0.574. The van der Waals surface area contributed by atoms with E-state index in [1.54, 1.807) is 24.3 Å². The Labute approximate surface area is 162 Å². The number of H-pyrrole nitrogens is 1. The van der Waals surface area contributed by atoms with Crippen molar-refractivity contribution in [3.05, 3.63) is 100 Å². The number of nitrogens with one attached hydrogen (secondary N) is 2. The minimum absolute atomic E-state index is 0.0125. The number of carbonyl (C=O) groups excluding carboxylic acids is 1. The highest BCUT2D eigenvalue weighted by molar-refractivity contribution is 5.92. The van der Waals surface area contributed by atoms with Gasteiger partial charge in [-0.25, -0.2) is 4.98 Å². The highest BCUT2D eigenvalue weighted by atomic mass is 16.2. The molecule has 0 aliphatic rings. The Morgan fingerprint density at radius 3 is 2.54 bits per heavy atom. The number of fused-ring (bicyclic) bond motifs is 1. The highest BCUT2D eigenvalue weighted by Gasteiger charge is 2.11. The van der Waals surface area contributed by atoms with E-state index in [9.17, 15) is 9.59 Å². The zero-order chi connectivity index (χ0) is 19.5. The summed E-state index contributed by atoms with van der Waals surface area (Å²) in [6.07, 6.45) is 0. The van der Waals surface area contributed by atoms with Crippen LogP contribution in [0.25, 0.3) is 22.0 Å². The van der Waals surface area contributed by atoms with Crippen LogP contribution in [0.1, 0.15) is 21.7 Å². The molecule has 4 rings (SSSR count). The molecule has 4 aromatic rings. The molecule has 0 spiro atoms. The van der Waals surface area contributed by atoms with Crippen LogP contribution in [0.5, 0.6) is 0 Å². The minimum Gasteiger partial charge on any atom is -0.345 e. The average molecular weight is 369 g/mol. The molecule has 0 atom stereocenters. The van der Waals surface area contributed by atoms with Gasteiger partial charge in [0.25, 0.3) is 11.5 Å². The molecule has 1 amide bonds. The van der Waals surface area contributed by atoms with Crippen LogP contribution >= 0.6 is 0 Å². The molecule has 0 saturated heterocycles. The fourth-order valence-corrected chi connectivity index (χ4v) is 3.15. The van der Waals surface area contributed by atoms with Crippen LogP contribution < -0.4 is 10.9 Å². The van der Waals surface area contributed by atoms with Crippen molar-refractivity contribution in [1.29, 1.82) is 0 Å². The molecule has 28 heavy (non-hydrogen) atoms. The van der Waals surface area contributed by atoms with Crippen molar-refractivity contribution in [2.24, 2.45) is 0 Å². The second-order valence-electron chi connectivity index (χ2n) is 6.68. The number of hydrogen-bond donors (Lipinski definition) is 2. The molecule has 1 aromatic heterocycles. The van der Waals surface area contributed by atoms with Gasteiger partial charge in [-0.15, -0.1) is 0 Å². The number of amides is 1. The van der Waals surface area contributed by atoms with E-state index in [1.165, 1.54) is 5.56 Å². The van der Waals surface area contributed by atoms with Gasteiger partial charge in [-0.2, -0.15) is 0 Å². The maximum Gasteiger partial charge on any atom is 0.287 e. The number of rotatable bonds is 4. The van der Waals surface area contributed by atoms with Crippen LogP contribution in [-0.2, 0) is 6.54 Å². The highest BCUT2D eigenvalue weighted by Crippen LogP contribution is 2.21. The summed E-state index contributed by atoms with van der Waals surface area (Å²) < 4.78 is 0. The monoisotopic (exact) mass is 369 g/mol. The number of aromatic amines is 1. The predicted octanol–water partition coefficient (Wildman–Crippen LogP) is 3.83. The summed E-state index contributed by atoms with van der Waals surface area (Å²) in [4.78, 5) is 31.4. The maximum absolute atomic E-state index is 12.5. The number of nitrogens with zero attached hydrogens (tertiary/aromatic N) is 1. The lowest BCUT2D eigenvalue weighted by molar-refractivity contribution is 0.0940. The first-order valence-corrected chi connectivity index (χ1v) is 9.03. The zero-order valence-corrected chi connectivity index (χ0v) is 15.4. The van der Waals surface area contributed by atoms with E-state index in [-0.39, 0.29) is 11.4 Å². The van der Waals surface area contributed by atoms with Gasteiger partial charge in [0.1, 0.15) is 0 Å². The lowest BCUT2D eigenvalue weighted by Gasteiger charge is -2.08. The summed E-state index contributed by atoms with van der Waals surface area (Å²) in [6.45, 7) is 2.40. The Morgan fingerprint density at radius 1 is 0.964 bits per heavy atom. The average Bonchev–Trinajstić information content (AvgIpc) is 2.72. The molecule has 0 saturated carbocycles. The van der Waals surface area contributed by atoms with Gasteiger partial charge in [-0.1, -0.05) is 60.2 Å².